The SMILES string of the molecule is Cc1csc(Sc2ccc(CC(C)N)c(Br)c2)n1. The highest BCUT2D eigenvalue weighted by molar-refractivity contribution is 9.10. The Hall–Kier alpha value is -0.360. The van der Waals surface area contributed by atoms with Crippen LogP contribution >= 0.6 is 39.0 Å². The van der Waals surface area contributed by atoms with Crippen LogP contribution in [0.1, 0.15) is 18.2 Å². The van der Waals surface area contributed by atoms with E-state index in [-0.39, 0.29) is 6.04 Å². The molecular formula is C13H15BrN2S2. The average Bonchev–Trinajstić information content (AvgIpc) is 2.68. The zero-order valence-electron chi connectivity index (χ0n) is 10.3. The van der Waals surface area contributed by atoms with Crippen LogP contribution in [0, 0.1) is 6.92 Å². The molecule has 2 rings (SSSR count). The largest absolute Gasteiger partial charge is 0.328 e. The summed E-state index contributed by atoms with van der Waals surface area (Å²) in [6.07, 6.45) is 0.891. The molecule has 0 bridgehead atoms. The van der Waals surface area contributed by atoms with Gasteiger partial charge >= 0.3 is 0 Å². The molecule has 0 saturated heterocycles. The van der Waals surface area contributed by atoms with Crippen LogP contribution in [0.4, 0.5) is 0 Å². The lowest BCUT2D eigenvalue weighted by Crippen LogP contribution is -2.17. The molecule has 1 unspecified atom stereocenters. The molecule has 1 heterocycles. The van der Waals surface area contributed by atoms with E-state index in [0.29, 0.717) is 0 Å². The van der Waals surface area contributed by atoms with Crippen LogP contribution in [-0.4, -0.2) is 11.0 Å². The number of hydrogen-bond acceptors (Lipinski definition) is 4. The molecule has 0 saturated carbocycles. The molecule has 1 aromatic carbocycles. The van der Waals surface area contributed by atoms with Crippen molar-refractivity contribution in [3.63, 3.8) is 0 Å². The number of nitrogens with two attached hydrogens (primary N) is 1. The molecule has 1 aromatic heterocycles. The maximum absolute atomic E-state index is 5.82. The van der Waals surface area contributed by atoms with Crippen LogP contribution in [0.3, 0.4) is 0 Å². The van der Waals surface area contributed by atoms with Gasteiger partial charge in [0.05, 0.1) is 0 Å². The fraction of sp³-hybridized carbons (Fsp3) is 0.308. The van der Waals surface area contributed by atoms with Crippen molar-refractivity contribution >= 4 is 39.0 Å². The van der Waals surface area contributed by atoms with E-state index in [1.807, 2.05) is 13.8 Å². The summed E-state index contributed by atoms with van der Waals surface area (Å²) < 4.78 is 2.21. The molecule has 0 amide bonds. The number of thiazole rings is 1. The van der Waals surface area contributed by atoms with Crippen molar-refractivity contribution in [2.45, 2.75) is 35.5 Å². The third-order valence-corrected chi connectivity index (χ3v) is 5.15. The van der Waals surface area contributed by atoms with E-state index in [0.717, 1.165) is 20.9 Å². The molecule has 0 aliphatic carbocycles. The molecular weight excluding hydrogens is 328 g/mol. The van der Waals surface area contributed by atoms with Crippen LogP contribution in [0.15, 0.2) is 37.3 Å². The van der Waals surface area contributed by atoms with E-state index in [1.54, 1.807) is 23.1 Å². The number of hydrogen-bond donors (Lipinski definition) is 1. The molecule has 1 atom stereocenters. The lowest BCUT2D eigenvalue weighted by atomic mass is 10.1. The van der Waals surface area contributed by atoms with Gasteiger partial charge in [0.2, 0.25) is 0 Å². The predicted octanol–water partition coefficient (Wildman–Crippen LogP) is 4.25. The van der Waals surface area contributed by atoms with Crippen molar-refractivity contribution < 1.29 is 0 Å². The number of aryl methyl sites for hydroxylation is 1. The predicted molar refractivity (Wildman–Crippen MR) is 82.5 cm³/mol. The minimum absolute atomic E-state index is 0.182. The monoisotopic (exact) mass is 342 g/mol. The molecule has 0 aliphatic rings. The number of aromatic nitrogens is 1. The number of benzene rings is 1. The van der Waals surface area contributed by atoms with E-state index in [1.165, 1.54) is 10.5 Å². The highest BCUT2D eigenvalue weighted by Gasteiger charge is 2.06. The van der Waals surface area contributed by atoms with E-state index in [9.17, 15) is 0 Å². The topological polar surface area (TPSA) is 38.9 Å². The summed E-state index contributed by atoms with van der Waals surface area (Å²) in [5, 5.41) is 2.07. The Morgan fingerprint density at radius 3 is 2.83 bits per heavy atom. The summed E-state index contributed by atoms with van der Waals surface area (Å²) in [5.74, 6) is 0. The van der Waals surface area contributed by atoms with Gasteiger partial charge in [-0.3, -0.25) is 0 Å². The molecule has 0 aliphatic heterocycles. The molecule has 96 valence electrons. The number of rotatable bonds is 4. The summed E-state index contributed by atoms with van der Waals surface area (Å²) in [4.78, 5) is 5.65. The van der Waals surface area contributed by atoms with Gasteiger partial charge < -0.3 is 5.73 Å². The zero-order chi connectivity index (χ0) is 13.1. The standard InChI is InChI=1S/C13H15BrN2S2/c1-8(15)5-10-3-4-11(6-12(10)14)18-13-16-9(2)7-17-13/h3-4,6-8H,5,15H2,1-2H3. The lowest BCUT2D eigenvalue weighted by molar-refractivity contribution is 0.735. The van der Waals surface area contributed by atoms with Crippen molar-refractivity contribution in [2.24, 2.45) is 5.73 Å². The summed E-state index contributed by atoms with van der Waals surface area (Å²) in [6.45, 7) is 4.04. The maximum Gasteiger partial charge on any atom is 0.154 e. The first-order valence-electron chi connectivity index (χ1n) is 5.68. The Morgan fingerprint density at radius 2 is 2.28 bits per heavy atom. The van der Waals surface area contributed by atoms with E-state index in [2.05, 4.69) is 44.5 Å². The quantitative estimate of drug-likeness (QED) is 0.902. The molecule has 0 radical (unpaired) electrons. The van der Waals surface area contributed by atoms with Crippen molar-refractivity contribution in [3.8, 4) is 0 Å². The van der Waals surface area contributed by atoms with Crippen molar-refractivity contribution in [1.29, 1.82) is 0 Å². The summed E-state index contributed by atoms with van der Waals surface area (Å²) in [6, 6.07) is 6.58. The molecule has 0 spiro atoms. The van der Waals surface area contributed by atoms with Crippen LogP contribution in [0.5, 0.6) is 0 Å². The molecule has 2 aromatic rings. The fourth-order valence-electron chi connectivity index (χ4n) is 1.58. The molecule has 0 fully saturated rings. The smallest absolute Gasteiger partial charge is 0.154 e. The first-order chi connectivity index (χ1) is 8.54. The lowest BCUT2D eigenvalue weighted by Gasteiger charge is -2.08. The van der Waals surface area contributed by atoms with Gasteiger partial charge in [0, 0.05) is 26.5 Å². The average molecular weight is 343 g/mol. The Kier molecular flexibility index (Phi) is 4.84. The highest BCUT2D eigenvalue weighted by Crippen LogP contribution is 2.33. The third kappa shape index (κ3) is 3.82. The van der Waals surface area contributed by atoms with Crippen LogP contribution in [0.25, 0.3) is 0 Å². The second-order valence-electron chi connectivity index (χ2n) is 4.29. The van der Waals surface area contributed by atoms with Gasteiger partial charge in [0.25, 0.3) is 0 Å². The summed E-state index contributed by atoms with van der Waals surface area (Å²) >= 11 is 6.99. The van der Waals surface area contributed by atoms with Gasteiger partial charge in [-0.1, -0.05) is 33.8 Å². The molecule has 5 heteroatoms. The van der Waals surface area contributed by atoms with Gasteiger partial charge in [-0.15, -0.1) is 11.3 Å². The third-order valence-electron chi connectivity index (χ3n) is 2.37. The molecule has 2 N–H and O–H groups in total. The van der Waals surface area contributed by atoms with Gasteiger partial charge in [-0.25, -0.2) is 4.98 Å². The van der Waals surface area contributed by atoms with E-state index in [4.69, 9.17) is 5.73 Å². The fourth-order valence-corrected chi connectivity index (χ4v) is 4.13. The van der Waals surface area contributed by atoms with E-state index >= 15 is 0 Å². The van der Waals surface area contributed by atoms with Crippen LogP contribution in [-0.2, 0) is 6.42 Å². The maximum atomic E-state index is 5.82. The number of halogens is 1. The van der Waals surface area contributed by atoms with Crippen molar-refractivity contribution in [2.75, 3.05) is 0 Å². The summed E-state index contributed by atoms with van der Waals surface area (Å²) in [5.41, 5.74) is 8.16. The Bertz CT molecular complexity index is 538. The molecule has 2 nitrogen and oxygen atoms in total. The zero-order valence-corrected chi connectivity index (χ0v) is 13.5. The van der Waals surface area contributed by atoms with Crippen LogP contribution < -0.4 is 5.73 Å². The summed E-state index contributed by atoms with van der Waals surface area (Å²) in [7, 11) is 0. The second kappa shape index (κ2) is 6.19. The van der Waals surface area contributed by atoms with Gasteiger partial charge in [-0.2, -0.15) is 0 Å². The van der Waals surface area contributed by atoms with Crippen molar-refractivity contribution in [3.05, 3.63) is 39.3 Å². The Balaban J connectivity index is 2.13. The number of nitrogens with zero attached hydrogens (tertiary/aromatic N) is 1. The minimum atomic E-state index is 0.182. The van der Waals surface area contributed by atoms with Gasteiger partial charge in [-0.05, 0) is 38.0 Å². The highest BCUT2D eigenvalue weighted by atomic mass is 79.9. The van der Waals surface area contributed by atoms with Crippen molar-refractivity contribution in [1.82, 2.24) is 4.98 Å². The normalized spacial score (nSPS) is 12.7. The minimum Gasteiger partial charge on any atom is -0.328 e. The Morgan fingerprint density at radius 1 is 1.50 bits per heavy atom. The van der Waals surface area contributed by atoms with Gasteiger partial charge in [0.15, 0.2) is 4.34 Å². The van der Waals surface area contributed by atoms with E-state index < -0.39 is 0 Å². The molecule has 18 heavy (non-hydrogen) atoms. The first-order valence-corrected chi connectivity index (χ1v) is 8.17. The second-order valence-corrected chi connectivity index (χ2v) is 7.32. The Labute approximate surface area is 124 Å². The van der Waals surface area contributed by atoms with Gasteiger partial charge in [0.1, 0.15) is 0 Å². The van der Waals surface area contributed by atoms with Crippen LogP contribution in [0.2, 0.25) is 0 Å². The first kappa shape index (κ1) is 14.1.